The third-order valence-corrected chi connectivity index (χ3v) is 4.58. The Bertz CT molecular complexity index is 322. The molecule has 0 saturated carbocycles. The lowest BCUT2D eigenvalue weighted by Gasteiger charge is -2.26. The van der Waals surface area contributed by atoms with Crippen LogP contribution in [0.1, 0.15) is 6.42 Å². The number of carbonyl (C=O) groups excluding carboxylic acids is 1. The van der Waals surface area contributed by atoms with Gasteiger partial charge in [-0.2, -0.15) is 0 Å². The van der Waals surface area contributed by atoms with E-state index < -0.39 is 0 Å². The molecule has 0 spiro atoms. The smallest absolute Gasteiger partial charge is 0.409 e. The van der Waals surface area contributed by atoms with Gasteiger partial charge in [-0.15, -0.1) is 0 Å². The molecule has 3 aliphatic heterocycles. The predicted octanol–water partition coefficient (Wildman–Crippen LogP) is -0.00350. The lowest BCUT2D eigenvalue weighted by molar-refractivity contribution is 0.0263. The molecule has 0 aliphatic carbocycles. The van der Waals surface area contributed by atoms with Gasteiger partial charge in [0, 0.05) is 32.7 Å². The molecule has 3 rings (SSSR count). The largest absolute Gasteiger partial charge is 0.449 e. The molecule has 0 aromatic heterocycles. The van der Waals surface area contributed by atoms with E-state index in [1.807, 2.05) is 0 Å². The van der Waals surface area contributed by atoms with Crippen molar-refractivity contribution < 1.29 is 14.3 Å². The van der Waals surface area contributed by atoms with Crippen molar-refractivity contribution in [3.05, 3.63) is 0 Å². The molecule has 3 heterocycles. The van der Waals surface area contributed by atoms with Crippen molar-refractivity contribution >= 4 is 6.09 Å². The number of morpholine rings is 1. The number of carbonyl (C=O) groups is 1. The summed E-state index contributed by atoms with van der Waals surface area (Å²) in [6.07, 6.45) is 0.749. The third-order valence-electron chi connectivity index (χ3n) is 4.58. The molecule has 3 aliphatic rings. The van der Waals surface area contributed by atoms with E-state index in [4.69, 9.17) is 9.47 Å². The van der Waals surface area contributed by atoms with Crippen LogP contribution in [0.15, 0.2) is 0 Å². The maximum atomic E-state index is 11.8. The van der Waals surface area contributed by atoms with Crippen LogP contribution in [0.4, 0.5) is 4.79 Å². The number of amides is 1. The van der Waals surface area contributed by atoms with Gasteiger partial charge in [-0.3, -0.25) is 0 Å². The molecule has 6 heteroatoms. The Labute approximate surface area is 120 Å². The highest BCUT2D eigenvalue weighted by Crippen LogP contribution is 2.26. The fourth-order valence-corrected chi connectivity index (χ4v) is 3.42. The van der Waals surface area contributed by atoms with Crippen LogP contribution >= 0.6 is 0 Å². The molecule has 0 aromatic rings. The highest BCUT2D eigenvalue weighted by Gasteiger charge is 2.35. The maximum absolute atomic E-state index is 11.8. The second-order valence-corrected chi connectivity index (χ2v) is 6.01. The number of likely N-dealkylation sites (tertiary alicyclic amines) is 1. The minimum atomic E-state index is -0.184. The molecule has 3 fully saturated rings. The van der Waals surface area contributed by atoms with E-state index in [-0.39, 0.29) is 6.09 Å². The summed E-state index contributed by atoms with van der Waals surface area (Å²) in [4.78, 5) is 16.0. The van der Waals surface area contributed by atoms with Crippen molar-refractivity contribution in [3.8, 4) is 0 Å². The van der Waals surface area contributed by atoms with Crippen LogP contribution in [0.5, 0.6) is 0 Å². The van der Waals surface area contributed by atoms with Gasteiger partial charge >= 0.3 is 6.09 Å². The zero-order valence-electron chi connectivity index (χ0n) is 12.1. The Balaban J connectivity index is 1.27. The first-order valence-electron chi connectivity index (χ1n) is 7.75. The summed E-state index contributed by atoms with van der Waals surface area (Å²) >= 11 is 0. The molecule has 3 saturated heterocycles. The summed E-state index contributed by atoms with van der Waals surface area (Å²) in [7, 11) is 0. The van der Waals surface area contributed by atoms with Gasteiger partial charge in [0.25, 0.3) is 0 Å². The second-order valence-electron chi connectivity index (χ2n) is 6.01. The van der Waals surface area contributed by atoms with Gasteiger partial charge in [-0.25, -0.2) is 4.79 Å². The van der Waals surface area contributed by atoms with Crippen LogP contribution in [0.3, 0.4) is 0 Å². The number of ether oxygens (including phenoxy) is 2. The third kappa shape index (κ3) is 3.42. The minimum absolute atomic E-state index is 0.184. The summed E-state index contributed by atoms with van der Waals surface area (Å²) in [5, 5.41) is 3.45. The molecule has 6 nitrogen and oxygen atoms in total. The topological polar surface area (TPSA) is 54.0 Å². The maximum Gasteiger partial charge on any atom is 0.409 e. The average Bonchev–Trinajstić information content (AvgIpc) is 3.05. The first kappa shape index (κ1) is 14.1. The van der Waals surface area contributed by atoms with E-state index in [0.29, 0.717) is 32.9 Å². The number of hydrogen-bond donors (Lipinski definition) is 1. The molecule has 1 amide bonds. The summed E-state index contributed by atoms with van der Waals surface area (Å²) < 4.78 is 10.5. The van der Waals surface area contributed by atoms with Crippen LogP contribution < -0.4 is 5.32 Å². The highest BCUT2D eigenvalue weighted by atomic mass is 16.6. The quantitative estimate of drug-likeness (QED) is 0.736. The normalized spacial score (nSPS) is 30.5. The van der Waals surface area contributed by atoms with Crippen LogP contribution in [-0.4, -0.2) is 81.5 Å². The van der Waals surface area contributed by atoms with E-state index in [2.05, 4.69) is 10.2 Å². The Morgan fingerprint density at radius 3 is 2.60 bits per heavy atom. The molecule has 0 radical (unpaired) electrons. The number of nitrogens with zero attached hydrogens (tertiary/aromatic N) is 2. The zero-order chi connectivity index (χ0) is 13.8. The van der Waals surface area contributed by atoms with Gasteiger partial charge in [-0.1, -0.05) is 0 Å². The average molecular weight is 283 g/mol. The molecule has 0 bridgehead atoms. The standard InChI is InChI=1S/C14H25N3O3/c18-14(17-3-6-19-7-4-17)20-5-1-2-16-10-12-8-15-9-13(12)11-16/h12-13,15H,1-11H2/t12-,13+. The van der Waals surface area contributed by atoms with Gasteiger partial charge in [-0.05, 0) is 31.3 Å². The number of fused-ring (bicyclic) bond motifs is 1. The second kappa shape index (κ2) is 6.74. The van der Waals surface area contributed by atoms with Crippen LogP contribution in [0.2, 0.25) is 0 Å². The van der Waals surface area contributed by atoms with Gasteiger partial charge in [0.1, 0.15) is 0 Å². The van der Waals surface area contributed by atoms with Crippen molar-refractivity contribution in [3.63, 3.8) is 0 Å². The number of rotatable bonds is 4. The van der Waals surface area contributed by atoms with E-state index in [1.54, 1.807) is 4.90 Å². The van der Waals surface area contributed by atoms with Crippen molar-refractivity contribution in [2.45, 2.75) is 6.42 Å². The monoisotopic (exact) mass is 283 g/mol. The Morgan fingerprint density at radius 2 is 1.90 bits per heavy atom. The van der Waals surface area contributed by atoms with Gasteiger partial charge in [0.15, 0.2) is 0 Å². The molecule has 2 atom stereocenters. The molecule has 20 heavy (non-hydrogen) atoms. The molecule has 0 aromatic carbocycles. The first-order valence-corrected chi connectivity index (χ1v) is 7.75. The van der Waals surface area contributed by atoms with Crippen LogP contribution in [0, 0.1) is 11.8 Å². The fourth-order valence-electron chi connectivity index (χ4n) is 3.42. The molecular formula is C14H25N3O3. The van der Waals surface area contributed by atoms with Gasteiger partial charge in [0.2, 0.25) is 0 Å². The summed E-state index contributed by atoms with van der Waals surface area (Å²) in [5.74, 6) is 1.68. The fraction of sp³-hybridized carbons (Fsp3) is 0.929. The lowest BCUT2D eigenvalue weighted by atomic mass is 10.0. The van der Waals surface area contributed by atoms with E-state index in [1.165, 1.54) is 26.2 Å². The Kier molecular flexibility index (Phi) is 4.75. The van der Waals surface area contributed by atoms with Crippen molar-refractivity contribution in [2.75, 3.05) is 65.6 Å². The number of nitrogens with one attached hydrogen (secondary N) is 1. The van der Waals surface area contributed by atoms with Gasteiger partial charge in [0.05, 0.1) is 19.8 Å². The minimum Gasteiger partial charge on any atom is -0.449 e. The van der Waals surface area contributed by atoms with Crippen molar-refractivity contribution in [1.82, 2.24) is 15.1 Å². The molecule has 114 valence electrons. The summed E-state index contributed by atoms with van der Waals surface area (Å²) in [6, 6.07) is 0. The molecular weight excluding hydrogens is 258 g/mol. The zero-order valence-corrected chi connectivity index (χ0v) is 12.1. The van der Waals surface area contributed by atoms with Crippen LogP contribution in [0.25, 0.3) is 0 Å². The van der Waals surface area contributed by atoms with Crippen LogP contribution in [-0.2, 0) is 9.47 Å². The Morgan fingerprint density at radius 1 is 1.20 bits per heavy atom. The number of hydrogen-bond acceptors (Lipinski definition) is 5. The van der Waals surface area contributed by atoms with Gasteiger partial charge < -0.3 is 24.6 Å². The summed E-state index contributed by atoms with van der Waals surface area (Å²) in [5.41, 5.74) is 0. The summed E-state index contributed by atoms with van der Waals surface area (Å²) in [6.45, 7) is 8.89. The predicted molar refractivity (Wildman–Crippen MR) is 74.6 cm³/mol. The van der Waals surface area contributed by atoms with E-state index in [0.717, 1.165) is 24.8 Å². The first-order chi connectivity index (χ1) is 9.83. The highest BCUT2D eigenvalue weighted by molar-refractivity contribution is 5.67. The SMILES string of the molecule is O=C(OCCCN1C[C@H]2CNC[C@H]2C1)N1CCOCC1. The van der Waals surface area contributed by atoms with Crippen molar-refractivity contribution in [2.24, 2.45) is 11.8 Å². The molecule has 0 unspecified atom stereocenters. The van der Waals surface area contributed by atoms with E-state index in [9.17, 15) is 4.79 Å². The molecule has 1 N–H and O–H groups in total. The lowest BCUT2D eigenvalue weighted by Crippen LogP contribution is -2.41. The van der Waals surface area contributed by atoms with Crippen molar-refractivity contribution in [1.29, 1.82) is 0 Å². The Hall–Kier alpha value is -0.850. The van der Waals surface area contributed by atoms with E-state index >= 15 is 0 Å².